The number of halogens is 1. The second kappa shape index (κ2) is 6.10. The minimum Gasteiger partial charge on any atom is -0.465 e. The zero-order valence-corrected chi connectivity index (χ0v) is 12.8. The number of amides is 1. The van der Waals surface area contributed by atoms with Crippen LogP contribution >= 0.6 is 0 Å². The summed E-state index contributed by atoms with van der Waals surface area (Å²) in [5.41, 5.74) is 2.11. The SMILES string of the molecule is CC1CN(C(=O)O)CCc2ccc(N3CCC(F)CC3)nc21. The molecule has 0 aromatic carbocycles. The molecule has 1 aromatic heterocycles. The van der Waals surface area contributed by atoms with Gasteiger partial charge >= 0.3 is 6.09 Å². The molecule has 22 heavy (non-hydrogen) atoms. The molecule has 6 heteroatoms. The van der Waals surface area contributed by atoms with Crippen LogP contribution in [-0.4, -0.2) is 53.4 Å². The molecular formula is C16H22FN3O2. The lowest BCUT2D eigenvalue weighted by Crippen LogP contribution is -2.35. The molecule has 0 spiro atoms. The number of hydrogen-bond acceptors (Lipinski definition) is 3. The molecule has 3 rings (SSSR count). The fourth-order valence-corrected chi connectivity index (χ4v) is 3.32. The van der Waals surface area contributed by atoms with Crippen molar-refractivity contribution >= 4 is 11.9 Å². The number of nitrogens with zero attached hydrogens (tertiary/aromatic N) is 3. The predicted molar refractivity (Wildman–Crippen MR) is 82.3 cm³/mol. The van der Waals surface area contributed by atoms with Crippen LogP contribution in [0.2, 0.25) is 0 Å². The van der Waals surface area contributed by atoms with Crippen molar-refractivity contribution in [1.29, 1.82) is 0 Å². The third kappa shape index (κ3) is 3.00. The maximum absolute atomic E-state index is 13.3. The Morgan fingerprint density at radius 2 is 2.05 bits per heavy atom. The fraction of sp³-hybridized carbons (Fsp3) is 0.625. The van der Waals surface area contributed by atoms with Gasteiger partial charge in [0.1, 0.15) is 12.0 Å². The quantitative estimate of drug-likeness (QED) is 0.866. The van der Waals surface area contributed by atoms with Crippen molar-refractivity contribution in [2.45, 2.75) is 38.3 Å². The number of anilines is 1. The van der Waals surface area contributed by atoms with Crippen LogP contribution in [0.5, 0.6) is 0 Å². The number of carboxylic acid groups (broad SMARTS) is 1. The van der Waals surface area contributed by atoms with E-state index in [9.17, 15) is 14.3 Å². The lowest BCUT2D eigenvalue weighted by atomic mass is 10.0. The number of pyridine rings is 1. The molecule has 1 saturated heterocycles. The first-order chi connectivity index (χ1) is 10.5. The molecule has 0 radical (unpaired) electrons. The molecule has 1 aromatic rings. The summed E-state index contributed by atoms with van der Waals surface area (Å²) in [7, 11) is 0. The van der Waals surface area contributed by atoms with Gasteiger partial charge in [0.15, 0.2) is 0 Å². The van der Waals surface area contributed by atoms with E-state index in [0.29, 0.717) is 45.4 Å². The Hall–Kier alpha value is -1.85. The van der Waals surface area contributed by atoms with Gasteiger partial charge in [-0.2, -0.15) is 0 Å². The summed E-state index contributed by atoms with van der Waals surface area (Å²) >= 11 is 0. The van der Waals surface area contributed by atoms with Crippen LogP contribution in [0, 0.1) is 0 Å². The highest BCUT2D eigenvalue weighted by molar-refractivity contribution is 5.65. The minimum absolute atomic E-state index is 0.0762. The minimum atomic E-state index is -0.870. The van der Waals surface area contributed by atoms with Gasteiger partial charge in [0, 0.05) is 32.1 Å². The number of hydrogen-bond donors (Lipinski definition) is 1. The van der Waals surface area contributed by atoms with E-state index in [1.54, 1.807) is 0 Å². The van der Waals surface area contributed by atoms with Crippen molar-refractivity contribution in [2.24, 2.45) is 0 Å². The third-order valence-electron chi connectivity index (χ3n) is 4.63. The highest BCUT2D eigenvalue weighted by Crippen LogP contribution is 2.27. The maximum Gasteiger partial charge on any atom is 0.407 e. The number of fused-ring (bicyclic) bond motifs is 1. The molecule has 1 N–H and O–H groups in total. The summed E-state index contributed by atoms with van der Waals surface area (Å²) in [6.07, 6.45) is 0.249. The molecule has 1 unspecified atom stereocenters. The molecular weight excluding hydrogens is 285 g/mol. The monoisotopic (exact) mass is 307 g/mol. The van der Waals surface area contributed by atoms with Gasteiger partial charge in [0.25, 0.3) is 0 Å². The van der Waals surface area contributed by atoms with Crippen molar-refractivity contribution in [1.82, 2.24) is 9.88 Å². The van der Waals surface area contributed by atoms with E-state index in [-0.39, 0.29) is 5.92 Å². The zero-order valence-electron chi connectivity index (χ0n) is 12.8. The summed E-state index contributed by atoms with van der Waals surface area (Å²) in [4.78, 5) is 19.6. The Morgan fingerprint density at radius 1 is 1.32 bits per heavy atom. The van der Waals surface area contributed by atoms with Gasteiger partial charge in [-0.3, -0.25) is 0 Å². The van der Waals surface area contributed by atoms with Crippen molar-refractivity contribution in [3.8, 4) is 0 Å². The van der Waals surface area contributed by atoms with E-state index in [4.69, 9.17) is 4.98 Å². The van der Waals surface area contributed by atoms with Gasteiger partial charge in [-0.25, -0.2) is 14.2 Å². The first-order valence-corrected chi connectivity index (χ1v) is 7.91. The largest absolute Gasteiger partial charge is 0.465 e. The number of alkyl halides is 1. The molecule has 0 aliphatic carbocycles. The second-order valence-electron chi connectivity index (χ2n) is 6.26. The lowest BCUT2D eigenvalue weighted by Gasteiger charge is -2.30. The Labute approximate surface area is 129 Å². The summed E-state index contributed by atoms with van der Waals surface area (Å²) in [6, 6.07) is 4.04. The molecule has 120 valence electrons. The summed E-state index contributed by atoms with van der Waals surface area (Å²) < 4.78 is 13.3. The van der Waals surface area contributed by atoms with Crippen molar-refractivity contribution in [3.63, 3.8) is 0 Å². The Morgan fingerprint density at radius 3 is 2.73 bits per heavy atom. The van der Waals surface area contributed by atoms with Gasteiger partial charge < -0.3 is 14.9 Å². The van der Waals surface area contributed by atoms with Crippen LogP contribution in [0.1, 0.15) is 36.9 Å². The number of carbonyl (C=O) groups is 1. The third-order valence-corrected chi connectivity index (χ3v) is 4.63. The average Bonchev–Trinajstić information content (AvgIpc) is 2.67. The van der Waals surface area contributed by atoms with Gasteiger partial charge in [0.05, 0.1) is 5.69 Å². The predicted octanol–water partition coefficient (Wildman–Crippen LogP) is 2.66. The fourth-order valence-electron chi connectivity index (χ4n) is 3.32. The van der Waals surface area contributed by atoms with E-state index < -0.39 is 12.3 Å². The first-order valence-electron chi connectivity index (χ1n) is 7.91. The molecule has 1 amide bonds. The number of aromatic nitrogens is 1. The van der Waals surface area contributed by atoms with Crippen LogP contribution in [-0.2, 0) is 6.42 Å². The molecule has 0 bridgehead atoms. The number of piperidine rings is 1. The summed E-state index contributed by atoms with van der Waals surface area (Å²) in [5, 5.41) is 9.21. The van der Waals surface area contributed by atoms with Crippen LogP contribution in [0.3, 0.4) is 0 Å². The Bertz CT molecular complexity index is 558. The smallest absolute Gasteiger partial charge is 0.407 e. The highest BCUT2D eigenvalue weighted by atomic mass is 19.1. The van der Waals surface area contributed by atoms with Crippen molar-refractivity contribution < 1.29 is 14.3 Å². The first kappa shape index (κ1) is 15.1. The highest BCUT2D eigenvalue weighted by Gasteiger charge is 2.26. The van der Waals surface area contributed by atoms with Gasteiger partial charge in [-0.15, -0.1) is 0 Å². The van der Waals surface area contributed by atoms with Crippen molar-refractivity contribution in [2.75, 3.05) is 31.1 Å². The second-order valence-corrected chi connectivity index (χ2v) is 6.26. The molecule has 2 aliphatic heterocycles. The van der Waals surface area contributed by atoms with Crippen LogP contribution in [0.15, 0.2) is 12.1 Å². The van der Waals surface area contributed by atoms with E-state index in [0.717, 1.165) is 17.1 Å². The van der Waals surface area contributed by atoms with E-state index in [1.165, 1.54) is 4.90 Å². The maximum atomic E-state index is 13.3. The van der Waals surface area contributed by atoms with E-state index >= 15 is 0 Å². The Balaban J connectivity index is 1.82. The summed E-state index contributed by atoms with van der Waals surface area (Å²) in [6.45, 7) is 4.40. The van der Waals surface area contributed by atoms with E-state index in [2.05, 4.69) is 11.0 Å². The topological polar surface area (TPSA) is 56.7 Å². The van der Waals surface area contributed by atoms with Gasteiger partial charge in [0.2, 0.25) is 0 Å². The standard InChI is InChI=1S/C16H22FN3O2/c1-11-10-20(16(21)22)7-4-12-2-3-14(18-15(11)12)19-8-5-13(17)6-9-19/h2-3,11,13H,4-10H2,1H3,(H,21,22). The molecule has 1 atom stereocenters. The number of rotatable bonds is 1. The Kier molecular flexibility index (Phi) is 4.18. The van der Waals surface area contributed by atoms with Crippen LogP contribution in [0.25, 0.3) is 0 Å². The molecule has 3 heterocycles. The van der Waals surface area contributed by atoms with Gasteiger partial charge in [-0.1, -0.05) is 13.0 Å². The zero-order chi connectivity index (χ0) is 15.7. The van der Waals surface area contributed by atoms with Crippen LogP contribution < -0.4 is 4.90 Å². The molecule has 1 fully saturated rings. The molecule has 5 nitrogen and oxygen atoms in total. The van der Waals surface area contributed by atoms with Crippen LogP contribution in [0.4, 0.5) is 15.0 Å². The normalized spacial score (nSPS) is 23.1. The molecule has 2 aliphatic rings. The average molecular weight is 307 g/mol. The van der Waals surface area contributed by atoms with Gasteiger partial charge in [-0.05, 0) is 30.9 Å². The summed E-state index contributed by atoms with van der Waals surface area (Å²) in [5.74, 6) is 0.966. The van der Waals surface area contributed by atoms with Crippen molar-refractivity contribution in [3.05, 3.63) is 23.4 Å². The molecule has 0 saturated carbocycles. The van der Waals surface area contributed by atoms with E-state index in [1.807, 2.05) is 13.0 Å². The lowest BCUT2D eigenvalue weighted by molar-refractivity contribution is 0.144.